The fraction of sp³-hybridized carbons (Fsp3) is 0.625. The Morgan fingerprint density at radius 3 is 2.83 bits per heavy atom. The molecular formula is C16H25NO. The van der Waals surface area contributed by atoms with Gasteiger partial charge in [-0.05, 0) is 49.9 Å². The van der Waals surface area contributed by atoms with Gasteiger partial charge in [0, 0.05) is 25.1 Å². The lowest BCUT2D eigenvalue weighted by Gasteiger charge is -2.39. The molecule has 1 N–H and O–H groups in total. The van der Waals surface area contributed by atoms with E-state index in [9.17, 15) is 5.11 Å². The molecular weight excluding hydrogens is 222 g/mol. The topological polar surface area (TPSA) is 23.5 Å². The first-order chi connectivity index (χ1) is 8.54. The Kier molecular flexibility index (Phi) is 4.08. The highest BCUT2D eigenvalue weighted by Gasteiger charge is 2.30. The number of aliphatic hydroxyl groups excluding tert-OH is 1. The summed E-state index contributed by atoms with van der Waals surface area (Å²) in [5.74, 6) is 0. The molecule has 18 heavy (non-hydrogen) atoms. The first-order valence-electron chi connectivity index (χ1n) is 6.92. The molecule has 1 heterocycles. The molecule has 1 saturated heterocycles. The zero-order valence-electron chi connectivity index (χ0n) is 11.9. The second-order valence-electron chi connectivity index (χ2n) is 6.14. The summed E-state index contributed by atoms with van der Waals surface area (Å²) in [6.07, 6.45) is 2.34. The molecule has 0 bridgehead atoms. The normalized spacial score (nSPS) is 25.3. The molecule has 2 nitrogen and oxygen atoms in total. The number of hydrogen-bond acceptors (Lipinski definition) is 2. The first-order valence-corrected chi connectivity index (χ1v) is 6.92. The third-order valence-corrected chi connectivity index (χ3v) is 4.35. The second kappa shape index (κ2) is 5.41. The number of benzene rings is 1. The monoisotopic (exact) mass is 247 g/mol. The number of likely N-dealkylation sites (tertiary alicyclic amines) is 1. The van der Waals surface area contributed by atoms with Crippen molar-refractivity contribution in [3.05, 3.63) is 34.9 Å². The van der Waals surface area contributed by atoms with E-state index >= 15 is 0 Å². The number of piperidine rings is 1. The molecule has 0 amide bonds. The minimum Gasteiger partial charge on any atom is -0.396 e. The van der Waals surface area contributed by atoms with Gasteiger partial charge in [0.15, 0.2) is 0 Å². The van der Waals surface area contributed by atoms with Gasteiger partial charge in [-0.2, -0.15) is 0 Å². The van der Waals surface area contributed by atoms with E-state index in [-0.39, 0.29) is 5.41 Å². The van der Waals surface area contributed by atoms with Crippen molar-refractivity contribution in [3.63, 3.8) is 0 Å². The average molecular weight is 247 g/mol. The lowest BCUT2D eigenvalue weighted by atomic mass is 9.82. The maximum atomic E-state index is 9.51. The Morgan fingerprint density at radius 1 is 1.33 bits per heavy atom. The Bertz CT molecular complexity index is 416. The minimum atomic E-state index is 0.0932. The van der Waals surface area contributed by atoms with Crippen LogP contribution < -0.4 is 0 Å². The summed E-state index contributed by atoms with van der Waals surface area (Å²) in [7, 11) is 0. The van der Waals surface area contributed by atoms with E-state index in [2.05, 4.69) is 43.9 Å². The molecule has 1 aliphatic heterocycles. The second-order valence-corrected chi connectivity index (χ2v) is 6.14. The maximum Gasteiger partial charge on any atom is 0.0497 e. The highest BCUT2D eigenvalue weighted by molar-refractivity contribution is 5.33. The summed E-state index contributed by atoms with van der Waals surface area (Å²) < 4.78 is 0. The van der Waals surface area contributed by atoms with Gasteiger partial charge in [0.2, 0.25) is 0 Å². The van der Waals surface area contributed by atoms with Crippen molar-refractivity contribution in [2.24, 2.45) is 5.41 Å². The van der Waals surface area contributed by atoms with Gasteiger partial charge in [-0.3, -0.25) is 4.90 Å². The lowest BCUT2D eigenvalue weighted by Crippen LogP contribution is -2.43. The average Bonchev–Trinajstić information content (AvgIpc) is 2.35. The molecule has 0 saturated carbocycles. The molecule has 1 aromatic rings. The Morgan fingerprint density at radius 2 is 2.11 bits per heavy atom. The Labute approximate surface area is 111 Å². The van der Waals surface area contributed by atoms with Crippen LogP contribution >= 0.6 is 0 Å². The highest BCUT2D eigenvalue weighted by Crippen LogP contribution is 2.30. The van der Waals surface area contributed by atoms with E-state index in [1.54, 1.807) is 0 Å². The molecule has 2 heteroatoms. The number of aliphatic hydroxyl groups is 1. The molecule has 2 rings (SSSR count). The van der Waals surface area contributed by atoms with E-state index in [0.717, 1.165) is 26.1 Å². The minimum absolute atomic E-state index is 0.0932. The van der Waals surface area contributed by atoms with E-state index in [1.165, 1.54) is 23.1 Å². The zero-order chi connectivity index (χ0) is 13.2. The number of rotatable bonds is 3. The number of aryl methyl sites for hydroxylation is 1. The summed E-state index contributed by atoms with van der Waals surface area (Å²) >= 11 is 0. The van der Waals surface area contributed by atoms with Crippen LogP contribution in [0.1, 0.15) is 36.5 Å². The molecule has 1 unspecified atom stereocenters. The van der Waals surface area contributed by atoms with Crippen molar-refractivity contribution in [1.82, 2.24) is 4.90 Å². The third-order valence-electron chi connectivity index (χ3n) is 4.35. The quantitative estimate of drug-likeness (QED) is 0.888. The maximum absolute atomic E-state index is 9.51. The van der Waals surface area contributed by atoms with Crippen LogP contribution in [-0.2, 0) is 6.54 Å². The first kappa shape index (κ1) is 13.6. The van der Waals surface area contributed by atoms with Gasteiger partial charge in [0.25, 0.3) is 0 Å². The fourth-order valence-corrected chi connectivity index (χ4v) is 2.92. The van der Waals surface area contributed by atoms with Gasteiger partial charge < -0.3 is 5.11 Å². The highest BCUT2D eigenvalue weighted by atomic mass is 16.3. The summed E-state index contributed by atoms with van der Waals surface area (Å²) in [6, 6.07) is 6.55. The Balaban J connectivity index is 2.07. The lowest BCUT2D eigenvalue weighted by molar-refractivity contribution is 0.0428. The molecule has 0 aliphatic carbocycles. The molecule has 100 valence electrons. The standard InChI is InChI=1S/C16H25NO/c1-13-6-4-7-15(14(13)2)10-17-9-5-8-16(3,11-17)12-18/h4,6-7,18H,5,8-12H2,1-3H3. The molecule has 1 aliphatic rings. The van der Waals surface area contributed by atoms with Crippen LogP contribution in [0.25, 0.3) is 0 Å². The van der Waals surface area contributed by atoms with Gasteiger partial charge >= 0.3 is 0 Å². The molecule has 0 spiro atoms. The van der Waals surface area contributed by atoms with E-state index < -0.39 is 0 Å². The number of nitrogens with zero attached hydrogens (tertiary/aromatic N) is 1. The van der Waals surface area contributed by atoms with Crippen molar-refractivity contribution in [2.75, 3.05) is 19.7 Å². The van der Waals surface area contributed by atoms with Crippen molar-refractivity contribution >= 4 is 0 Å². The van der Waals surface area contributed by atoms with Gasteiger partial charge in [0.05, 0.1) is 0 Å². The van der Waals surface area contributed by atoms with Crippen molar-refractivity contribution in [1.29, 1.82) is 0 Å². The van der Waals surface area contributed by atoms with E-state index in [4.69, 9.17) is 0 Å². The van der Waals surface area contributed by atoms with Crippen LogP contribution in [0.15, 0.2) is 18.2 Å². The summed E-state index contributed by atoms with van der Waals surface area (Å²) in [6.45, 7) is 10.1. The summed E-state index contributed by atoms with van der Waals surface area (Å²) in [5, 5.41) is 9.51. The van der Waals surface area contributed by atoms with Crippen LogP contribution in [0, 0.1) is 19.3 Å². The number of hydrogen-bond donors (Lipinski definition) is 1. The smallest absolute Gasteiger partial charge is 0.0497 e. The van der Waals surface area contributed by atoms with Crippen LogP contribution in [-0.4, -0.2) is 29.7 Å². The van der Waals surface area contributed by atoms with Crippen LogP contribution in [0.3, 0.4) is 0 Å². The Hall–Kier alpha value is -0.860. The fourth-order valence-electron chi connectivity index (χ4n) is 2.92. The zero-order valence-corrected chi connectivity index (χ0v) is 11.9. The van der Waals surface area contributed by atoms with Crippen molar-refractivity contribution in [2.45, 2.75) is 40.2 Å². The molecule has 0 aromatic heterocycles. The van der Waals surface area contributed by atoms with Gasteiger partial charge in [0.1, 0.15) is 0 Å². The predicted octanol–water partition coefficient (Wildman–Crippen LogP) is 2.90. The van der Waals surface area contributed by atoms with E-state index in [0.29, 0.717) is 6.61 Å². The van der Waals surface area contributed by atoms with Crippen molar-refractivity contribution in [3.8, 4) is 0 Å². The largest absolute Gasteiger partial charge is 0.396 e. The van der Waals surface area contributed by atoms with Crippen molar-refractivity contribution < 1.29 is 5.11 Å². The van der Waals surface area contributed by atoms with Gasteiger partial charge in [-0.15, -0.1) is 0 Å². The third kappa shape index (κ3) is 2.93. The van der Waals surface area contributed by atoms with E-state index in [1.807, 2.05) is 0 Å². The van der Waals surface area contributed by atoms with Gasteiger partial charge in [-0.25, -0.2) is 0 Å². The van der Waals surface area contributed by atoms with Crippen LogP contribution in [0.2, 0.25) is 0 Å². The molecule has 1 atom stereocenters. The van der Waals surface area contributed by atoms with Gasteiger partial charge in [-0.1, -0.05) is 25.1 Å². The van der Waals surface area contributed by atoms with Crippen LogP contribution in [0.5, 0.6) is 0 Å². The predicted molar refractivity (Wildman–Crippen MR) is 75.6 cm³/mol. The van der Waals surface area contributed by atoms with Crippen LogP contribution in [0.4, 0.5) is 0 Å². The molecule has 1 aromatic carbocycles. The summed E-state index contributed by atoms with van der Waals surface area (Å²) in [4.78, 5) is 2.49. The SMILES string of the molecule is Cc1cccc(CN2CCCC(C)(CO)C2)c1C. The molecule has 1 fully saturated rings. The molecule has 0 radical (unpaired) electrons. The summed E-state index contributed by atoms with van der Waals surface area (Å²) in [5.41, 5.74) is 4.30.